The molecule has 1 saturated heterocycles. The van der Waals surface area contributed by atoms with Crippen molar-refractivity contribution in [3.8, 4) is 0 Å². The van der Waals surface area contributed by atoms with Gasteiger partial charge < -0.3 is 15.2 Å². The Morgan fingerprint density at radius 1 is 0.900 bits per heavy atom. The van der Waals surface area contributed by atoms with Gasteiger partial charge in [-0.25, -0.2) is 4.98 Å². The van der Waals surface area contributed by atoms with E-state index in [4.69, 9.17) is 10.7 Å². The molecule has 0 bridgehead atoms. The highest BCUT2D eigenvalue weighted by Gasteiger charge is 2.39. The van der Waals surface area contributed by atoms with Gasteiger partial charge in [-0.1, -0.05) is 104 Å². The number of hydrogen-bond donors (Lipinski definition) is 1. The molecule has 0 unspecified atom stereocenters. The van der Waals surface area contributed by atoms with Crippen LogP contribution in [-0.4, -0.2) is 39.5 Å². The summed E-state index contributed by atoms with van der Waals surface area (Å²) in [6, 6.07) is 31.6. The van der Waals surface area contributed by atoms with Gasteiger partial charge in [-0.05, 0) is 61.6 Å². The summed E-state index contributed by atoms with van der Waals surface area (Å²) in [4.78, 5) is 19.9. The second-order valence-corrected chi connectivity index (χ2v) is 11.1. The summed E-state index contributed by atoms with van der Waals surface area (Å²) in [6.45, 7) is 6.08. The highest BCUT2D eigenvalue weighted by Crippen LogP contribution is 2.42. The zero-order chi connectivity index (χ0) is 28.0. The van der Waals surface area contributed by atoms with Gasteiger partial charge in [0.05, 0.1) is 18.1 Å². The number of imidazole rings is 1. The number of nitrogens with two attached hydrogens (primary N) is 1. The van der Waals surface area contributed by atoms with E-state index in [9.17, 15) is 4.79 Å². The second kappa shape index (κ2) is 12.6. The smallest absolute Gasteiger partial charge is 0.239 e. The molecule has 2 N–H and O–H groups in total. The normalized spacial score (nSPS) is 15.2. The number of piperidine rings is 1. The summed E-state index contributed by atoms with van der Waals surface area (Å²) < 4.78 is 2.32. The average Bonchev–Trinajstić information content (AvgIpc) is 3.38. The fourth-order valence-electron chi connectivity index (χ4n) is 6.39. The van der Waals surface area contributed by atoms with Crippen molar-refractivity contribution < 1.29 is 4.79 Å². The van der Waals surface area contributed by atoms with E-state index in [1.54, 1.807) is 0 Å². The fourth-order valence-corrected chi connectivity index (χ4v) is 6.39. The lowest BCUT2D eigenvalue weighted by atomic mass is 9.76. The third-order valence-electron chi connectivity index (χ3n) is 8.79. The van der Waals surface area contributed by atoms with Crippen LogP contribution in [0.15, 0.2) is 97.3 Å². The maximum atomic E-state index is 13.0. The molecule has 5 heteroatoms. The molecule has 208 valence electrons. The number of carbonyl (C=O) groups excluding carboxylic acids is 1. The first-order chi connectivity index (χ1) is 19.6. The number of benzene rings is 3. The zero-order valence-electron chi connectivity index (χ0n) is 23.9. The molecule has 5 rings (SSSR count). The van der Waals surface area contributed by atoms with Crippen LogP contribution in [0.1, 0.15) is 67.1 Å². The van der Waals surface area contributed by atoms with Gasteiger partial charge >= 0.3 is 0 Å². The molecule has 40 heavy (non-hydrogen) atoms. The molecular formula is C35H42N4O. The van der Waals surface area contributed by atoms with E-state index in [1.807, 2.05) is 11.2 Å². The van der Waals surface area contributed by atoms with Crippen LogP contribution >= 0.6 is 0 Å². The highest BCUT2D eigenvalue weighted by molar-refractivity contribution is 5.81. The molecule has 1 aliphatic rings. The minimum Gasteiger partial charge on any atom is -0.341 e. The molecule has 0 aliphatic carbocycles. The Balaban J connectivity index is 1.40. The number of aromatic nitrogens is 2. The van der Waals surface area contributed by atoms with Gasteiger partial charge in [0.15, 0.2) is 0 Å². The van der Waals surface area contributed by atoms with Crippen LogP contribution < -0.4 is 5.73 Å². The Hall–Kier alpha value is -3.70. The van der Waals surface area contributed by atoms with Gasteiger partial charge in [-0.2, -0.15) is 0 Å². The number of likely N-dealkylation sites (tertiary alicyclic amines) is 1. The van der Waals surface area contributed by atoms with Crippen LogP contribution in [0.5, 0.6) is 0 Å². The number of hydrogen-bond acceptors (Lipinski definition) is 3. The lowest BCUT2D eigenvalue weighted by Crippen LogP contribution is -2.47. The Bertz CT molecular complexity index is 1260. The first-order valence-electron chi connectivity index (χ1n) is 14.8. The molecule has 0 radical (unpaired) electrons. The van der Waals surface area contributed by atoms with E-state index < -0.39 is 11.6 Å². The van der Waals surface area contributed by atoms with Crippen molar-refractivity contribution >= 4 is 5.91 Å². The monoisotopic (exact) mass is 534 g/mol. The molecule has 0 spiro atoms. The summed E-state index contributed by atoms with van der Waals surface area (Å²) in [6.07, 6.45) is 7.65. The number of amides is 1. The molecule has 1 aromatic heterocycles. The van der Waals surface area contributed by atoms with Crippen molar-refractivity contribution in [3.63, 3.8) is 0 Å². The highest BCUT2D eigenvalue weighted by atomic mass is 16.2. The van der Waals surface area contributed by atoms with Crippen LogP contribution in [0.3, 0.4) is 0 Å². The van der Waals surface area contributed by atoms with E-state index in [0.29, 0.717) is 6.42 Å². The fraction of sp³-hybridized carbons (Fsp3) is 0.371. The topological polar surface area (TPSA) is 64.2 Å². The van der Waals surface area contributed by atoms with Crippen LogP contribution in [0.2, 0.25) is 0 Å². The summed E-state index contributed by atoms with van der Waals surface area (Å²) in [5.41, 5.74) is 11.5. The molecule has 3 aromatic carbocycles. The number of carbonyl (C=O) groups is 1. The number of rotatable bonds is 10. The first kappa shape index (κ1) is 27.9. The van der Waals surface area contributed by atoms with Crippen LogP contribution in [0.4, 0.5) is 0 Å². The molecule has 1 aliphatic heterocycles. The van der Waals surface area contributed by atoms with Crippen molar-refractivity contribution in [2.45, 2.75) is 64.0 Å². The summed E-state index contributed by atoms with van der Waals surface area (Å²) in [5, 5.41) is 0. The minimum atomic E-state index is -0.573. The Morgan fingerprint density at radius 2 is 1.40 bits per heavy atom. The van der Waals surface area contributed by atoms with Gasteiger partial charge in [0.25, 0.3) is 0 Å². The van der Waals surface area contributed by atoms with E-state index in [2.05, 4.69) is 109 Å². The van der Waals surface area contributed by atoms with E-state index in [1.165, 1.54) is 23.1 Å². The van der Waals surface area contributed by atoms with Gasteiger partial charge in [-0.3, -0.25) is 4.79 Å². The molecule has 2 heterocycles. The van der Waals surface area contributed by atoms with Crippen molar-refractivity contribution in [2.24, 2.45) is 11.7 Å². The van der Waals surface area contributed by atoms with Crippen LogP contribution in [0, 0.1) is 12.8 Å². The number of aryl methyl sites for hydroxylation is 1. The van der Waals surface area contributed by atoms with Crippen molar-refractivity contribution in [1.29, 1.82) is 0 Å². The largest absolute Gasteiger partial charge is 0.341 e. The minimum absolute atomic E-state index is 0.105. The predicted molar refractivity (Wildman–Crippen MR) is 162 cm³/mol. The van der Waals surface area contributed by atoms with Gasteiger partial charge in [0.2, 0.25) is 5.91 Å². The third-order valence-corrected chi connectivity index (χ3v) is 8.79. The quantitative estimate of drug-likeness (QED) is 0.242. The predicted octanol–water partition coefficient (Wildman–Crippen LogP) is 6.33. The Labute approximate surface area is 239 Å². The summed E-state index contributed by atoms with van der Waals surface area (Å²) in [5.74, 6) is 0.848. The lowest BCUT2D eigenvalue weighted by molar-refractivity contribution is -0.134. The third kappa shape index (κ3) is 5.48. The molecule has 5 nitrogen and oxygen atoms in total. The van der Waals surface area contributed by atoms with Crippen molar-refractivity contribution in [1.82, 2.24) is 14.5 Å². The Morgan fingerprint density at radius 3 is 1.88 bits per heavy atom. The maximum Gasteiger partial charge on any atom is 0.239 e. The molecule has 0 saturated carbocycles. The van der Waals surface area contributed by atoms with Crippen LogP contribution in [-0.2, 0) is 16.8 Å². The Kier molecular flexibility index (Phi) is 8.81. The van der Waals surface area contributed by atoms with Crippen molar-refractivity contribution in [2.75, 3.05) is 13.1 Å². The van der Waals surface area contributed by atoms with Crippen LogP contribution in [0.25, 0.3) is 0 Å². The van der Waals surface area contributed by atoms with Crippen molar-refractivity contribution in [3.05, 3.63) is 125 Å². The average molecular weight is 535 g/mol. The van der Waals surface area contributed by atoms with Gasteiger partial charge in [0.1, 0.15) is 5.54 Å². The van der Waals surface area contributed by atoms with E-state index in [0.717, 1.165) is 56.1 Å². The molecule has 4 aromatic rings. The first-order valence-corrected chi connectivity index (χ1v) is 14.8. The molecule has 1 fully saturated rings. The van der Waals surface area contributed by atoms with Gasteiger partial charge in [0, 0.05) is 18.8 Å². The molecule has 1 atom stereocenters. The van der Waals surface area contributed by atoms with E-state index in [-0.39, 0.29) is 5.91 Å². The summed E-state index contributed by atoms with van der Waals surface area (Å²) in [7, 11) is 0. The standard InChI is InChI=1S/C35H42N4O/c1-3-28-22-24-38(25-23-28)34(40)32(36)20-13-21-33-27(2)39(26-37-33)35(29-14-7-4-8-15-29,30-16-9-5-10-17-30)31-18-11-6-12-19-31/h4-12,14-19,26,28,32H,3,13,20-25,36H2,1-2H3/t32-/m0/s1. The van der Waals surface area contributed by atoms with E-state index >= 15 is 0 Å². The lowest BCUT2D eigenvalue weighted by Gasteiger charge is -2.38. The summed E-state index contributed by atoms with van der Waals surface area (Å²) >= 11 is 0. The SMILES string of the molecule is CCC1CCN(C(=O)[C@@H](N)CCCc2ncn(C(c3ccccc3)(c3ccccc3)c3ccccc3)c2C)CC1. The second-order valence-electron chi connectivity index (χ2n) is 11.1. The zero-order valence-corrected chi connectivity index (χ0v) is 23.9. The van der Waals surface area contributed by atoms with Gasteiger partial charge in [-0.15, -0.1) is 0 Å². The molecular weight excluding hydrogens is 492 g/mol. The number of nitrogens with zero attached hydrogens (tertiary/aromatic N) is 3. The maximum absolute atomic E-state index is 13.0. The molecule has 1 amide bonds.